The summed E-state index contributed by atoms with van der Waals surface area (Å²) >= 11 is 0. The van der Waals surface area contributed by atoms with Crippen LogP contribution >= 0.6 is 0 Å². The van der Waals surface area contributed by atoms with Crippen LogP contribution in [0.3, 0.4) is 0 Å². The Labute approximate surface area is 90.4 Å². The third-order valence-corrected chi connectivity index (χ3v) is 1.77. The van der Waals surface area contributed by atoms with Gasteiger partial charge in [-0.2, -0.15) is 0 Å². The highest BCUT2D eigenvalue weighted by Crippen LogP contribution is 2.16. The molecule has 1 aromatic carbocycles. The molecule has 0 fully saturated rings. The third kappa shape index (κ3) is 2.77. The zero-order valence-electron chi connectivity index (χ0n) is 8.39. The molecule has 0 unspecified atom stereocenters. The fourth-order valence-electron chi connectivity index (χ4n) is 1.18. The number of nitro groups is 1. The van der Waals surface area contributed by atoms with E-state index in [0.29, 0.717) is 5.56 Å². The lowest BCUT2D eigenvalue weighted by atomic mass is 10.1. The van der Waals surface area contributed by atoms with Gasteiger partial charge in [-0.05, 0) is 18.6 Å². The SMILES string of the molecule is Cc1cc(C(=O)NC(N)=O)cc([N+](=O)[O-])c1. The number of non-ortho nitro benzene ring substituents is 1. The summed E-state index contributed by atoms with van der Waals surface area (Å²) in [5, 5.41) is 12.4. The molecule has 7 nitrogen and oxygen atoms in total. The van der Waals surface area contributed by atoms with E-state index in [1.807, 2.05) is 5.32 Å². The maximum Gasteiger partial charge on any atom is 0.319 e. The number of nitrogens with zero attached hydrogens (tertiary/aromatic N) is 1. The van der Waals surface area contributed by atoms with E-state index < -0.39 is 16.9 Å². The zero-order chi connectivity index (χ0) is 12.3. The minimum atomic E-state index is -1.01. The van der Waals surface area contributed by atoms with Crippen LogP contribution in [0.25, 0.3) is 0 Å². The van der Waals surface area contributed by atoms with Crippen LogP contribution in [0.5, 0.6) is 0 Å². The summed E-state index contributed by atoms with van der Waals surface area (Å²) in [6.07, 6.45) is 0. The van der Waals surface area contributed by atoms with E-state index in [-0.39, 0.29) is 11.3 Å². The smallest absolute Gasteiger partial charge is 0.319 e. The number of carbonyl (C=O) groups excluding carboxylic acids is 2. The molecule has 0 saturated heterocycles. The Morgan fingerprint density at radius 1 is 1.38 bits per heavy atom. The van der Waals surface area contributed by atoms with Crippen LogP contribution < -0.4 is 11.1 Å². The van der Waals surface area contributed by atoms with Gasteiger partial charge in [0.25, 0.3) is 11.6 Å². The molecule has 3 amide bonds. The largest absolute Gasteiger partial charge is 0.351 e. The van der Waals surface area contributed by atoms with Crippen molar-refractivity contribution < 1.29 is 14.5 Å². The molecule has 0 spiro atoms. The number of nitro benzene ring substituents is 1. The van der Waals surface area contributed by atoms with Crippen LogP contribution in [0, 0.1) is 17.0 Å². The van der Waals surface area contributed by atoms with Crippen molar-refractivity contribution in [3.05, 3.63) is 39.4 Å². The summed E-state index contributed by atoms with van der Waals surface area (Å²) in [6, 6.07) is 2.81. The lowest BCUT2D eigenvalue weighted by Crippen LogP contribution is -2.34. The number of amides is 3. The summed E-state index contributed by atoms with van der Waals surface area (Å²) in [7, 11) is 0. The molecule has 1 rings (SSSR count). The Balaban J connectivity index is 3.09. The summed E-state index contributed by atoms with van der Waals surface area (Å²) in [5.41, 5.74) is 5.11. The molecule has 0 aliphatic heterocycles. The fourth-order valence-corrected chi connectivity index (χ4v) is 1.18. The number of nitrogens with one attached hydrogen (secondary N) is 1. The molecule has 0 atom stereocenters. The highest BCUT2D eigenvalue weighted by Gasteiger charge is 2.14. The van der Waals surface area contributed by atoms with Gasteiger partial charge in [-0.1, -0.05) is 0 Å². The van der Waals surface area contributed by atoms with Gasteiger partial charge in [0.05, 0.1) is 4.92 Å². The van der Waals surface area contributed by atoms with Gasteiger partial charge in [0.1, 0.15) is 0 Å². The minimum absolute atomic E-state index is 0.0190. The lowest BCUT2D eigenvalue weighted by molar-refractivity contribution is -0.384. The van der Waals surface area contributed by atoms with Gasteiger partial charge in [0, 0.05) is 17.7 Å². The number of imide groups is 1. The third-order valence-electron chi connectivity index (χ3n) is 1.77. The van der Waals surface area contributed by atoms with E-state index in [0.717, 1.165) is 6.07 Å². The van der Waals surface area contributed by atoms with Crippen molar-refractivity contribution in [2.75, 3.05) is 0 Å². The van der Waals surface area contributed by atoms with Crippen molar-refractivity contribution in [3.8, 4) is 0 Å². The number of carbonyl (C=O) groups is 2. The average Bonchev–Trinajstić information content (AvgIpc) is 2.15. The summed E-state index contributed by atoms with van der Waals surface area (Å²) in [5.74, 6) is -0.765. The molecule has 0 radical (unpaired) electrons. The number of primary amides is 1. The van der Waals surface area contributed by atoms with Gasteiger partial charge >= 0.3 is 6.03 Å². The monoisotopic (exact) mass is 223 g/mol. The number of urea groups is 1. The van der Waals surface area contributed by atoms with E-state index in [2.05, 4.69) is 0 Å². The van der Waals surface area contributed by atoms with Crippen molar-refractivity contribution >= 4 is 17.6 Å². The number of hydrogen-bond donors (Lipinski definition) is 2. The van der Waals surface area contributed by atoms with Crippen LogP contribution in [-0.2, 0) is 0 Å². The maximum atomic E-state index is 11.3. The van der Waals surface area contributed by atoms with Gasteiger partial charge in [0.2, 0.25) is 0 Å². The van der Waals surface area contributed by atoms with Crippen LogP contribution in [0.2, 0.25) is 0 Å². The first-order valence-corrected chi connectivity index (χ1v) is 4.27. The highest BCUT2D eigenvalue weighted by molar-refractivity contribution is 6.04. The Morgan fingerprint density at radius 3 is 2.50 bits per heavy atom. The second kappa shape index (κ2) is 4.39. The average molecular weight is 223 g/mol. The maximum absolute atomic E-state index is 11.3. The van der Waals surface area contributed by atoms with E-state index in [1.54, 1.807) is 6.92 Å². The zero-order valence-corrected chi connectivity index (χ0v) is 8.39. The van der Waals surface area contributed by atoms with Crippen LogP contribution in [0.15, 0.2) is 18.2 Å². The van der Waals surface area contributed by atoms with E-state index in [4.69, 9.17) is 5.73 Å². The van der Waals surface area contributed by atoms with E-state index in [9.17, 15) is 19.7 Å². The summed E-state index contributed by atoms with van der Waals surface area (Å²) < 4.78 is 0. The van der Waals surface area contributed by atoms with Crippen molar-refractivity contribution in [1.29, 1.82) is 0 Å². The molecule has 0 aliphatic rings. The fraction of sp³-hybridized carbons (Fsp3) is 0.111. The van der Waals surface area contributed by atoms with Crippen LogP contribution in [0.1, 0.15) is 15.9 Å². The molecule has 84 valence electrons. The minimum Gasteiger partial charge on any atom is -0.351 e. The molecule has 0 heterocycles. The van der Waals surface area contributed by atoms with Crippen LogP contribution in [0.4, 0.5) is 10.5 Å². The van der Waals surface area contributed by atoms with Crippen molar-refractivity contribution in [1.82, 2.24) is 5.32 Å². The Morgan fingerprint density at radius 2 is 2.00 bits per heavy atom. The van der Waals surface area contributed by atoms with E-state index in [1.165, 1.54) is 12.1 Å². The first kappa shape index (κ1) is 11.6. The molecule has 0 aromatic heterocycles. The van der Waals surface area contributed by atoms with Crippen molar-refractivity contribution in [2.24, 2.45) is 5.73 Å². The van der Waals surface area contributed by atoms with Gasteiger partial charge in [-0.15, -0.1) is 0 Å². The Hall–Kier alpha value is -2.44. The van der Waals surface area contributed by atoms with Crippen molar-refractivity contribution in [3.63, 3.8) is 0 Å². The highest BCUT2D eigenvalue weighted by atomic mass is 16.6. The topological polar surface area (TPSA) is 115 Å². The van der Waals surface area contributed by atoms with Gasteiger partial charge in [-0.3, -0.25) is 20.2 Å². The quantitative estimate of drug-likeness (QED) is 0.567. The number of hydrogen-bond acceptors (Lipinski definition) is 4. The lowest BCUT2D eigenvalue weighted by Gasteiger charge is -2.02. The molecule has 0 aliphatic carbocycles. The molecule has 0 bridgehead atoms. The number of rotatable bonds is 2. The van der Waals surface area contributed by atoms with Crippen LogP contribution in [-0.4, -0.2) is 16.9 Å². The molecular formula is C9H9N3O4. The predicted molar refractivity (Wildman–Crippen MR) is 54.9 cm³/mol. The van der Waals surface area contributed by atoms with E-state index >= 15 is 0 Å². The standard InChI is InChI=1S/C9H9N3O4/c1-5-2-6(8(13)11-9(10)14)4-7(3-5)12(15)16/h2-4H,1H3,(H3,10,11,13,14). The molecule has 7 heteroatoms. The second-order valence-corrected chi connectivity index (χ2v) is 3.13. The Kier molecular flexibility index (Phi) is 3.19. The first-order chi connectivity index (χ1) is 7.40. The summed E-state index contributed by atoms with van der Waals surface area (Å²) in [6.45, 7) is 1.61. The van der Waals surface area contributed by atoms with Crippen molar-refractivity contribution in [2.45, 2.75) is 6.92 Å². The Bertz CT molecular complexity index is 470. The van der Waals surface area contributed by atoms with Gasteiger partial charge < -0.3 is 5.73 Å². The number of nitrogens with two attached hydrogens (primary N) is 1. The molecular weight excluding hydrogens is 214 g/mol. The van der Waals surface area contributed by atoms with Gasteiger partial charge in [0.15, 0.2) is 0 Å². The molecule has 3 N–H and O–H groups in total. The normalized spacial score (nSPS) is 9.56. The molecule has 0 saturated carbocycles. The summed E-state index contributed by atoms with van der Waals surface area (Å²) in [4.78, 5) is 31.7. The van der Waals surface area contributed by atoms with Gasteiger partial charge in [-0.25, -0.2) is 4.79 Å². The number of benzene rings is 1. The molecule has 1 aromatic rings. The first-order valence-electron chi connectivity index (χ1n) is 4.27. The number of aryl methyl sites for hydroxylation is 1. The predicted octanol–water partition coefficient (Wildman–Crippen LogP) is 0.712. The second-order valence-electron chi connectivity index (χ2n) is 3.13. The molecule has 16 heavy (non-hydrogen) atoms.